The van der Waals surface area contributed by atoms with Crippen molar-refractivity contribution in [1.29, 1.82) is 0 Å². The van der Waals surface area contributed by atoms with E-state index >= 15 is 0 Å². The Morgan fingerprint density at radius 2 is 1.77 bits per heavy atom. The fourth-order valence-corrected chi connectivity index (χ4v) is 11.7. The van der Waals surface area contributed by atoms with Gasteiger partial charge in [0.1, 0.15) is 0 Å². The number of aryl methyl sites for hydroxylation is 1. The number of amides is 2. The Kier molecular flexibility index (Phi) is 9.16. The number of aliphatic hydroxyl groups is 2. The van der Waals surface area contributed by atoms with E-state index < -0.39 is 16.1 Å². The lowest BCUT2D eigenvalue weighted by Gasteiger charge is -2.64. The molecule has 4 N–H and O–H groups in total. The molecule has 0 aromatic heterocycles. The Hall–Kier alpha value is -1.90. The summed E-state index contributed by atoms with van der Waals surface area (Å²) in [4.78, 5) is 12.9. The molecule has 5 rings (SSSR count). The maximum atomic E-state index is 13.0. The number of hydrogen-bond donors (Lipinski definition) is 4. The van der Waals surface area contributed by atoms with Gasteiger partial charge >= 0.3 is 6.03 Å². The van der Waals surface area contributed by atoms with E-state index in [1.807, 2.05) is 26.0 Å². The number of aliphatic hydroxyl groups excluding tert-OH is 2. The predicted molar refractivity (Wildman–Crippen MR) is 171 cm³/mol. The van der Waals surface area contributed by atoms with Crippen LogP contribution in [0.1, 0.15) is 97.1 Å². The minimum Gasteiger partial charge on any atom is -0.393 e. The van der Waals surface area contributed by atoms with E-state index in [4.69, 9.17) is 0 Å². The second-order valence-corrected chi connectivity index (χ2v) is 16.6. The van der Waals surface area contributed by atoms with Crippen LogP contribution in [0.15, 0.2) is 29.2 Å². The molecule has 0 heterocycles. The highest BCUT2D eigenvalue weighted by atomic mass is 32.2. The minimum absolute atomic E-state index is 0.0668. The van der Waals surface area contributed by atoms with Crippen LogP contribution in [0.4, 0.5) is 4.79 Å². The number of urea groups is 1. The summed E-state index contributed by atoms with van der Waals surface area (Å²) < 4.78 is 28.2. The van der Waals surface area contributed by atoms with Gasteiger partial charge in [-0.05, 0) is 134 Å². The van der Waals surface area contributed by atoms with Crippen molar-refractivity contribution < 1.29 is 23.4 Å². The molecule has 2 unspecified atom stereocenters. The van der Waals surface area contributed by atoms with E-state index in [2.05, 4.69) is 37.7 Å². The van der Waals surface area contributed by atoms with Gasteiger partial charge in [-0.25, -0.2) is 17.9 Å². The van der Waals surface area contributed by atoms with Gasteiger partial charge in [0.15, 0.2) is 0 Å². The highest BCUT2D eigenvalue weighted by Crippen LogP contribution is 2.69. The van der Waals surface area contributed by atoms with Crippen LogP contribution in [-0.2, 0) is 10.0 Å². The Morgan fingerprint density at radius 3 is 2.47 bits per heavy atom. The smallest absolute Gasteiger partial charge is 0.328 e. The Morgan fingerprint density at radius 1 is 1.07 bits per heavy atom. The zero-order valence-corrected chi connectivity index (χ0v) is 27.8. The van der Waals surface area contributed by atoms with Gasteiger partial charge in [0.05, 0.1) is 17.1 Å². The molecule has 4 aliphatic carbocycles. The van der Waals surface area contributed by atoms with Crippen molar-refractivity contribution in [2.45, 2.75) is 110 Å². The summed E-state index contributed by atoms with van der Waals surface area (Å²) in [6.45, 7) is 13.5. The van der Waals surface area contributed by atoms with Gasteiger partial charge in [0.25, 0.3) is 10.0 Å². The van der Waals surface area contributed by atoms with Crippen molar-refractivity contribution in [3.05, 3.63) is 35.4 Å². The molecule has 0 aliphatic heterocycles. The van der Waals surface area contributed by atoms with Crippen LogP contribution in [0.3, 0.4) is 0 Å². The second-order valence-electron chi connectivity index (χ2n) is 14.9. The number of benzene rings is 1. The summed E-state index contributed by atoms with van der Waals surface area (Å²) in [5, 5.41) is 25.3. The van der Waals surface area contributed by atoms with Crippen molar-refractivity contribution in [3.63, 3.8) is 0 Å². The number of nitrogens with one attached hydrogen (secondary N) is 2. The summed E-state index contributed by atoms with van der Waals surface area (Å²) in [5.41, 5.74) is 2.01. The molecule has 4 fully saturated rings. The molecule has 0 radical (unpaired) electrons. The predicted octanol–water partition coefficient (Wildman–Crippen LogP) is 6.28. The Bertz CT molecular complexity index is 1330. The first-order chi connectivity index (χ1) is 20.3. The number of allylic oxidation sites excluding steroid dienone is 1. The van der Waals surface area contributed by atoms with E-state index in [-0.39, 0.29) is 45.7 Å². The quantitative estimate of drug-likeness (QED) is 0.289. The molecule has 11 atom stereocenters. The van der Waals surface area contributed by atoms with Crippen LogP contribution in [0.25, 0.3) is 6.08 Å². The first-order valence-corrected chi connectivity index (χ1v) is 18.1. The van der Waals surface area contributed by atoms with E-state index in [9.17, 15) is 23.4 Å². The Labute approximate surface area is 259 Å². The molecule has 1 aromatic carbocycles. The third-order valence-electron chi connectivity index (χ3n) is 12.9. The molecule has 0 spiro atoms. The number of carbonyl (C=O) groups excluding carboxylic acids is 1. The molecule has 8 heteroatoms. The highest BCUT2D eigenvalue weighted by molar-refractivity contribution is 7.90. The topological polar surface area (TPSA) is 116 Å². The Balaban J connectivity index is 1.25. The summed E-state index contributed by atoms with van der Waals surface area (Å²) in [6.07, 6.45) is 11.2. The van der Waals surface area contributed by atoms with Gasteiger partial charge in [-0.1, -0.05) is 52.3 Å². The van der Waals surface area contributed by atoms with Gasteiger partial charge in [0, 0.05) is 6.54 Å². The van der Waals surface area contributed by atoms with Crippen LogP contribution >= 0.6 is 0 Å². The monoisotopic (exact) mass is 614 g/mol. The normalized spacial score (nSPS) is 39.9. The van der Waals surface area contributed by atoms with Crippen LogP contribution in [0.5, 0.6) is 0 Å². The maximum absolute atomic E-state index is 13.0. The molecular weight excluding hydrogens is 560 g/mol. The van der Waals surface area contributed by atoms with Gasteiger partial charge in [-0.3, -0.25) is 0 Å². The lowest BCUT2D eigenvalue weighted by atomic mass is 9.41. The maximum Gasteiger partial charge on any atom is 0.328 e. The number of carbonyl (C=O) groups is 1. The average Bonchev–Trinajstić information content (AvgIpc) is 3.31. The average molecular weight is 615 g/mol. The molecule has 240 valence electrons. The number of hydrogen-bond acceptors (Lipinski definition) is 5. The molecular formula is C35H54N2O5S. The second kappa shape index (κ2) is 12.1. The number of rotatable bonds is 7. The summed E-state index contributed by atoms with van der Waals surface area (Å²) in [7, 11) is -4.00. The lowest BCUT2D eigenvalue weighted by Crippen LogP contribution is -2.62. The fraction of sp³-hybridized carbons (Fsp3) is 0.743. The van der Waals surface area contributed by atoms with Gasteiger partial charge in [0.2, 0.25) is 0 Å². The zero-order chi connectivity index (χ0) is 31.3. The van der Waals surface area contributed by atoms with E-state index in [1.165, 1.54) is 6.07 Å². The summed E-state index contributed by atoms with van der Waals surface area (Å²) >= 11 is 0. The van der Waals surface area contributed by atoms with Crippen LogP contribution in [0.2, 0.25) is 0 Å². The number of sulfonamides is 1. The number of fused-ring (bicyclic) bond motifs is 5. The van der Waals surface area contributed by atoms with Crippen LogP contribution in [0, 0.1) is 59.2 Å². The molecule has 4 aliphatic rings. The molecule has 4 saturated carbocycles. The molecule has 1 aromatic rings. The largest absolute Gasteiger partial charge is 0.393 e. The molecule has 7 nitrogen and oxygen atoms in total. The van der Waals surface area contributed by atoms with Crippen LogP contribution < -0.4 is 10.0 Å². The zero-order valence-electron chi connectivity index (χ0n) is 27.0. The van der Waals surface area contributed by atoms with Gasteiger partial charge in [-0.15, -0.1) is 0 Å². The van der Waals surface area contributed by atoms with Gasteiger partial charge < -0.3 is 15.5 Å². The third-order valence-corrected chi connectivity index (χ3v) is 14.2. The standard InChI is InChI=1S/C35H54N2O5S/c1-7-9-23-18-25(11-10-21(23)3)43(41,42)37-33(40)36-20-22(4)27-12-13-28-31-29(15-17-34(27,28)5)35(6)16-14-24(38)19-30(35)26(8-2)32(31)39/h7,9-11,18,22,24,26-32,38-39H,8,12-17,19-20H2,1-6H3,(H2,36,37,40)/b9-7-/t22-,24-,26-,27-,28+,29+,30?,31+,32-,34-,35?/m1/s1. The summed E-state index contributed by atoms with van der Waals surface area (Å²) in [6, 6.07) is 4.16. The van der Waals surface area contributed by atoms with Crippen LogP contribution in [-0.4, -0.2) is 43.4 Å². The lowest BCUT2D eigenvalue weighted by molar-refractivity contribution is -0.203. The summed E-state index contributed by atoms with van der Waals surface area (Å²) in [5.74, 6) is 2.38. The van der Waals surface area contributed by atoms with Crippen molar-refractivity contribution in [2.24, 2.45) is 52.3 Å². The fourth-order valence-electron chi connectivity index (χ4n) is 10.7. The van der Waals surface area contributed by atoms with Crippen molar-refractivity contribution in [3.8, 4) is 0 Å². The van der Waals surface area contributed by atoms with Crippen molar-refractivity contribution in [2.75, 3.05) is 6.54 Å². The minimum atomic E-state index is -4.00. The third kappa shape index (κ3) is 5.69. The van der Waals surface area contributed by atoms with E-state index in [0.29, 0.717) is 30.2 Å². The molecule has 2 amide bonds. The molecule has 0 bridgehead atoms. The molecule has 43 heavy (non-hydrogen) atoms. The van der Waals surface area contributed by atoms with E-state index in [1.54, 1.807) is 12.1 Å². The van der Waals surface area contributed by atoms with Crippen molar-refractivity contribution in [1.82, 2.24) is 10.0 Å². The van der Waals surface area contributed by atoms with E-state index in [0.717, 1.165) is 62.5 Å². The molecule has 0 saturated heterocycles. The SMILES string of the molecule is C/C=C\c1cc(S(=O)(=O)NC(=O)NC[C@@H](C)[C@H]2CC[C@H]3[C@@H]4[C@H](O)[C@H](CC)C5C[C@H](O)CCC5(C)[C@H]4CC[C@]23C)ccc1C. The first-order valence-electron chi connectivity index (χ1n) is 16.7. The van der Waals surface area contributed by atoms with Crippen molar-refractivity contribution >= 4 is 22.1 Å². The first kappa shape index (κ1) is 32.5. The highest BCUT2D eigenvalue weighted by Gasteiger charge is 2.64. The van der Waals surface area contributed by atoms with Gasteiger partial charge in [-0.2, -0.15) is 0 Å².